The zero-order valence-electron chi connectivity index (χ0n) is 9.89. The number of carbonyl (C=O) groups is 1. The largest absolute Gasteiger partial charge is 0.399 e. The fourth-order valence-electron chi connectivity index (χ4n) is 1.23. The molecule has 0 radical (unpaired) electrons. The second-order valence-electron chi connectivity index (χ2n) is 3.90. The van der Waals surface area contributed by atoms with Crippen molar-refractivity contribution < 1.29 is 13.2 Å². The number of carbonyl (C=O) groups excluding carboxylic acids is 1. The van der Waals surface area contributed by atoms with Crippen molar-refractivity contribution in [2.45, 2.75) is 4.90 Å². The second-order valence-corrected chi connectivity index (χ2v) is 5.91. The Morgan fingerprint density at radius 3 is 2.35 bits per heavy atom. The van der Waals surface area contributed by atoms with E-state index in [1.54, 1.807) is 14.1 Å². The van der Waals surface area contributed by atoms with Crippen LogP contribution in [-0.2, 0) is 9.84 Å². The molecular weight excluding hydrogens is 242 g/mol. The molecule has 1 rings (SSSR count). The normalized spacial score (nSPS) is 11.5. The quantitative estimate of drug-likeness (QED) is 0.581. The lowest BCUT2D eigenvalue weighted by molar-refractivity contribution is 0.0856. The van der Waals surface area contributed by atoms with Gasteiger partial charge in [-0.2, -0.15) is 0 Å². The Balaban J connectivity index is 3.19. The predicted molar refractivity (Wildman–Crippen MR) is 65.1 cm³/mol. The van der Waals surface area contributed by atoms with Gasteiger partial charge in [-0.1, -0.05) is 0 Å². The first-order chi connectivity index (χ1) is 7.70. The number of nitrogens with one attached hydrogen (secondary N) is 1. The van der Waals surface area contributed by atoms with E-state index >= 15 is 0 Å². The third-order valence-corrected chi connectivity index (χ3v) is 3.04. The number of nitrogen functional groups attached to an aromatic ring is 1. The van der Waals surface area contributed by atoms with Gasteiger partial charge in [0.2, 0.25) is 0 Å². The molecule has 6 nitrogen and oxygen atoms in total. The summed E-state index contributed by atoms with van der Waals surface area (Å²) in [5, 5.41) is 1.46. The number of amides is 1. The van der Waals surface area contributed by atoms with Gasteiger partial charge in [-0.05, 0) is 18.2 Å². The van der Waals surface area contributed by atoms with Crippen molar-refractivity contribution in [1.82, 2.24) is 10.4 Å². The van der Waals surface area contributed by atoms with Crippen molar-refractivity contribution in [2.75, 3.05) is 26.1 Å². The Kier molecular flexibility index (Phi) is 3.74. The molecule has 0 heterocycles. The number of sulfone groups is 1. The van der Waals surface area contributed by atoms with Gasteiger partial charge in [0.1, 0.15) is 0 Å². The van der Waals surface area contributed by atoms with Gasteiger partial charge >= 0.3 is 0 Å². The lowest BCUT2D eigenvalue weighted by atomic mass is 10.2. The molecule has 0 spiro atoms. The summed E-state index contributed by atoms with van der Waals surface area (Å²) in [5.74, 6) is -0.410. The van der Waals surface area contributed by atoms with Crippen molar-refractivity contribution in [3.63, 3.8) is 0 Å². The molecule has 0 aliphatic heterocycles. The van der Waals surface area contributed by atoms with Gasteiger partial charge in [0.15, 0.2) is 9.84 Å². The lowest BCUT2D eigenvalue weighted by Crippen LogP contribution is -2.36. The Morgan fingerprint density at radius 1 is 1.29 bits per heavy atom. The van der Waals surface area contributed by atoms with E-state index in [-0.39, 0.29) is 16.1 Å². The average molecular weight is 257 g/mol. The summed E-state index contributed by atoms with van der Waals surface area (Å²) in [7, 11) is -0.0745. The Hall–Kier alpha value is -1.60. The summed E-state index contributed by atoms with van der Waals surface area (Å²) in [6, 6.07) is 4.04. The molecule has 1 aromatic carbocycles. The topological polar surface area (TPSA) is 92.5 Å². The second kappa shape index (κ2) is 4.72. The molecule has 0 atom stereocenters. The number of nitrogens with zero attached hydrogens (tertiary/aromatic N) is 1. The molecule has 7 heteroatoms. The predicted octanol–water partition coefficient (Wildman–Crippen LogP) is -0.121. The molecule has 1 amide bonds. The molecule has 0 bridgehead atoms. The highest BCUT2D eigenvalue weighted by atomic mass is 32.2. The standard InChI is InChI=1S/C10H15N3O3S/c1-13(2)12-10(14)7-4-8(11)6-9(5-7)17(3,15)16/h4-6H,11H2,1-3H3,(H,12,14). The third-order valence-electron chi connectivity index (χ3n) is 1.94. The fourth-order valence-corrected chi connectivity index (χ4v) is 1.93. The summed E-state index contributed by atoms with van der Waals surface area (Å²) in [4.78, 5) is 11.7. The zero-order valence-corrected chi connectivity index (χ0v) is 10.7. The van der Waals surface area contributed by atoms with Crippen LogP contribution >= 0.6 is 0 Å². The molecule has 0 unspecified atom stereocenters. The lowest BCUT2D eigenvalue weighted by Gasteiger charge is -2.12. The Bertz CT molecular complexity index is 538. The van der Waals surface area contributed by atoms with E-state index in [4.69, 9.17) is 5.73 Å². The van der Waals surface area contributed by atoms with Crippen molar-refractivity contribution in [3.05, 3.63) is 23.8 Å². The molecule has 94 valence electrons. The maximum Gasteiger partial charge on any atom is 0.265 e. The summed E-state index contributed by atoms with van der Waals surface area (Å²) in [5.41, 5.74) is 8.52. The van der Waals surface area contributed by atoms with Gasteiger partial charge < -0.3 is 5.73 Å². The maximum atomic E-state index is 11.7. The highest BCUT2D eigenvalue weighted by Gasteiger charge is 2.13. The van der Waals surface area contributed by atoms with Crippen LogP contribution in [0.1, 0.15) is 10.4 Å². The van der Waals surface area contributed by atoms with Gasteiger partial charge in [0.05, 0.1) is 4.90 Å². The smallest absolute Gasteiger partial charge is 0.265 e. The molecule has 0 aliphatic carbocycles. The summed E-state index contributed by atoms with van der Waals surface area (Å²) in [6.45, 7) is 0. The number of hydrazine groups is 1. The third kappa shape index (κ3) is 3.72. The maximum absolute atomic E-state index is 11.7. The van der Waals surface area contributed by atoms with E-state index in [9.17, 15) is 13.2 Å². The molecule has 0 saturated heterocycles. The molecule has 3 N–H and O–H groups in total. The van der Waals surface area contributed by atoms with Crippen LogP contribution in [0.15, 0.2) is 23.1 Å². The Labute approximate surface area is 100 Å². The van der Waals surface area contributed by atoms with Crippen LogP contribution in [0, 0.1) is 0 Å². The number of benzene rings is 1. The first-order valence-corrected chi connectivity index (χ1v) is 6.68. The van der Waals surface area contributed by atoms with Gasteiger partial charge in [-0.3, -0.25) is 10.2 Å². The Morgan fingerprint density at radius 2 is 1.88 bits per heavy atom. The fraction of sp³-hybridized carbons (Fsp3) is 0.300. The van der Waals surface area contributed by atoms with Gasteiger partial charge in [0, 0.05) is 31.6 Å². The summed E-state index contributed by atoms with van der Waals surface area (Å²) in [6.07, 6.45) is 1.06. The van der Waals surface area contributed by atoms with Crippen molar-refractivity contribution in [2.24, 2.45) is 0 Å². The molecular formula is C10H15N3O3S. The van der Waals surface area contributed by atoms with Crippen LogP contribution in [-0.4, -0.2) is 39.7 Å². The number of anilines is 1. The van der Waals surface area contributed by atoms with Crippen molar-refractivity contribution >= 4 is 21.4 Å². The molecule has 0 saturated carbocycles. The van der Waals surface area contributed by atoms with E-state index in [0.717, 1.165) is 6.26 Å². The van der Waals surface area contributed by atoms with Gasteiger partial charge in [-0.25, -0.2) is 13.4 Å². The summed E-state index contributed by atoms with van der Waals surface area (Å²) < 4.78 is 22.8. The van der Waals surface area contributed by atoms with E-state index < -0.39 is 15.7 Å². The van der Waals surface area contributed by atoms with Crippen LogP contribution in [0.4, 0.5) is 5.69 Å². The number of nitrogens with two attached hydrogens (primary N) is 1. The van der Waals surface area contributed by atoms with Crippen LogP contribution in [0.25, 0.3) is 0 Å². The van der Waals surface area contributed by atoms with E-state index in [0.29, 0.717) is 0 Å². The van der Waals surface area contributed by atoms with Crippen molar-refractivity contribution in [1.29, 1.82) is 0 Å². The highest BCUT2D eigenvalue weighted by Crippen LogP contribution is 2.16. The van der Waals surface area contributed by atoms with E-state index in [2.05, 4.69) is 5.43 Å². The number of hydrogen-bond acceptors (Lipinski definition) is 5. The van der Waals surface area contributed by atoms with Gasteiger partial charge in [0.25, 0.3) is 5.91 Å². The molecule has 0 aliphatic rings. The van der Waals surface area contributed by atoms with Crippen LogP contribution in [0.2, 0.25) is 0 Å². The van der Waals surface area contributed by atoms with E-state index in [1.807, 2.05) is 0 Å². The van der Waals surface area contributed by atoms with Crippen molar-refractivity contribution in [3.8, 4) is 0 Å². The van der Waals surface area contributed by atoms with Crippen LogP contribution < -0.4 is 11.2 Å². The average Bonchev–Trinajstić information content (AvgIpc) is 2.14. The zero-order chi connectivity index (χ0) is 13.2. The number of hydrogen-bond donors (Lipinski definition) is 2. The molecule has 0 aromatic heterocycles. The van der Waals surface area contributed by atoms with E-state index in [1.165, 1.54) is 23.2 Å². The number of rotatable bonds is 3. The first kappa shape index (κ1) is 13.5. The minimum atomic E-state index is -3.38. The minimum Gasteiger partial charge on any atom is -0.399 e. The highest BCUT2D eigenvalue weighted by molar-refractivity contribution is 7.90. The molecule has 1 aromatic rings. The first-order valence-electron chi connectivity index (χ1n) is 4.79. The van der Waals surface area contributed by atoms with Crippen LogP contribution in [0.5, 0.6) is 0 Å². The van der Waals surface area contributed by atoms with Gasteiger partial charge in [-0.15, -0.1) is 0 Å². The monoisotopic (exact) mass is 257 g/mol. The van der Waals surface area contributed by atoms with Crippen LogP contribution in [0.3, 0.4) is 0 Å². The molecule has 17 heavy (non-hydrogen) atoms. The SMILES string of the molecule is CN(C)NC(=O)c1cc(N)cc(S(C)(=O)=O)c1. The summed E-state index contributed by atoms with van der Waals surface area (Å²) >= 11 is 0. The molecule has 0 fully saturated rings. The minimum absolute atomic E-state index is 0.0291.